The van der Waals surface area contributed by atoms with Crippen molar-refractivity contribution in [2.24, 2.45) is 5.73 Å². The van der Waals surface area contributed by atoms with Gasteiger partial charge in [-0.15, -0.1) is 12.4 Å². The molecule has 74 valence electrons. The molecule has 13 heavy (non-hydrogen) atoms. The first-order chi connectivity index (χ1) is 5.74. The maximum Gasteiger partial charge on any atom is 0.115 e. The Hall–Kier alpha value is -0.730. The summed E-state index contributed by atoms with van der Waals surface area (Å²) in [5.41, 5.74) is 6.97. The van der Waals surface area contributed by atoms with Crippen LogP contribution < -0.4 is 5.73 Å². The fourth-order valence-corrected chi connectivity index (χ4v) is 1.20. The lowest BCUT2D eigenvalue weighted by Crippen LogP contribution is -2.09. The number of rotatable bonds is 3. The summed E-state index contributed by atoms with van der Waals surface area (Å²) in [6.45, 7) is 2.11. The average molecular weight is 202 g/mol. The smallest absolute Gasteiger partial charge is 0.115 e. The minimum absolute atomic E-state index is 0. The Labute approximate surface area is 85.2 Å². The van der Waals surface area contributed by atoms with E-state index >= 15 is 0 Å². The van der Waals surface area contributed by atoms with Gasteiger partial charge in [-0.3, -0.25) is 0 Å². The van der Waals surface area contributed by atoms with Crippen LogP contribution in [0.2, 0.25) is 0 Å². The molecular formula is C10H16ClNO. The van der Waals surface area contributed by atoms with Crippen molar-refractivity contribution < 1.29 is 5.11 Å². The summed E-state index contributed by atoms with van der Waals surface area (Å²) in [6.07, 6.45) is 2.08. The van der Waals surface area contributed by atoms with Gasteiger partial charge in [0.15, 0.2) is 0 Å². The highest BCUT2D eigenvalue weighted by Crippen LogP contribution is 2.18. The SMILES string of the molecule is CCC[C@H](N)c1ccc(O)cc1.Cl. The molecule has 1 rings (SSSR count). The number of aromatic hydroxyl groups is 1. The van der Waals surface area contributed by atoms with Crippen LogP contribution in [0.25, 0.3) is 0 Å². The molecule has 0 fully saturated rings. The van der Waals surface area contributed by atoms with Crippen LogP contribution in [0.5, 0.6) is 5.75 Å². The first-order valence-electron chi connectivity index (χ1n) is 4.28. The Morgan fingerprint density at radius 2 is 1.85 bits per heavy atom. The Morgan fingerprint density at radius 1 is 1.31 bits per heavy atom. The summed E-state index contributed by atoms with van der Waals surface area (Å²) in [4.78, 5) is 0. The monoisotopic (exact) mass is 201 g/mol. The zero-order valence-electron chi connectivity index (χ0n) is 7.73. The van der Waals surface area contributed by atoms with Crippen LogP contribution in [0.3, 0.4) is 0 Å². The Balaban J connectivity index is 0.00000144. The molecule has 0 aliphatic rings. The molecule has 0 saturated carbocycles. The molecule has 1 atom stereocenters. The maximum atomic E-state index is 9.03. The highest BCUT2D eigenvalue weighted by Gasteiger charge is 2.03. The van der Waals surface area contributed by atoms with Crippen LogP contribution >= 0.6 is 12.4 Å². The van der Waals surface area contributed by atoms with Crippen molar-refractivity contribution in [3.05, 3.63) is 29.8 Å². The van der Waals surface area contributed by atoms with Crippen molar-refractivity contribution >= 4 is 12.4 Å². The summed E-state index contributed by atoms with van der Waals surface area (Å²) >= 11 is 0. The predicted octanol–water partition coefficient (Wildman–Crippen LogP) is 2.61. The standard InChI is InChI=1S/C10H15NO.ClH/c1-2-3-10(11)8-4-6-9(12)7-5-8;/h4-7,10,12H,2-3,11H2,1H3;1H/t10-;/m0./s1. The first kappa shape index (κ1) is 12.3. The normalized spacial score (nSPS) is 11.8. The van der Waals surface area contributed by atoms with E-state index < -0.39 is 0 Å². The van der Waals surface area contributed by atoms with Crippen LogP contribution in [0.1, 0.15) is 31.4 Å². The Kier molecular flexibility index (Phi) is 5.51. The van der Waals surface area contributed by atoms with Crippen LogP contribution in [0, 0.1) is 0 Å². The average Bonchev–Trinajstić information content (AvgIpc) is 2.06. The molecule has 0 aliphatic heterocycles. The second-order valence-electron chi connectivity index (χ2n) is 2.99. The minimum atomic E-state index is 0. The second-order valence-corrected chi connectivity index (χ2v) is 2.99. The molecule has 0 heterocycles. The highest BCUT2D eigenvalue weighted by molar-refractivity contribution is 5.85. The number of halogens is 1. The summed E-state index contributed by atoms with van der Waals surface area (Å²) < 4.78 is 0. The van der Waals surface area contributed by atoms with E-state index in [1.165, 1.54) is 0 Å². The van der Waals surface area contributed by atoms with Gasteiger partial charge in [0.25, 0.3) is 0 Å². The van der Waals surface area contributed by atoms with Gasteiger partial charge >= 0.3 is 0 Å². The summed E-state index contributed by atoms with van der Waals surface area (Å²) in [5.74, 6) is 0.294. The molecule has 1 aromatic rings. The molecule has 1 aromatic carbocycles. The van der Waals surface area contributed by atoms with Crippen LogP contribution in [0.15, 0.2) is 24.3 Å². The Morgan fingerprint density at radius 3 is 2.31 bits per heavy atom. The van der Waals surface area contributed by atoms with E-state index in [0.29, 0.717) is 5.75 Å². The molecule has 0 aliphatic carbocycles. The molecule has 3 heteroatoms. The zero-order chi connectivity index (χ0) is 8.97. The van der Waals surface area contributed by atoms with E-state index in [4.69, 9.17) is 10.8 Å². The lowest BCUT2D eigenvalue weighted by molar-refractivity contribution is 0.474. The van der Waals surface area contributed by atoms with Crippen molar-refractivity contribution in [2.45, 2.75) is 25.8 Å². The van der Waals surface area contributed by atoms with E-state index in [9.17, 15) is 0 Å². The quantitative estimate of drug-likeness (QED) is 0.790. The van der Waals surface area contributed by atoms with Crippen molar-refractivity contribution in [1.82, 2.24) is 0 Å². The fourth-order valence-electron chi connectivity index (χ4n) is 1.20. The second kappa shape index (κ2) is 5.84. The zero-order valence-corrected chi connectivity index (χ0v) is 8.55. The van der Waals surface area contributed by atoms with E-state index in [1.807, 2.05) is 12.1 Å². The van der Waals surface area contributed by atoms with Crippen molar-refractivity contribution in [3.8, 4) is 5.75 Å². The number of hydrogen-bond donors (Lipinski definition) is 2. The van der Waals surface area contributed by atoms with Gasteiger partial charge in [0.1, 0.15) is 5.75 Å². The van der Waals surface area contributed by atoms with Gasteiger partial charge in [-0.2, -0.15) is 0 Å². The van der Waals surface area contributed by atoms with E-state index in [-0.39, 0.29) is 18.4 Å². The van der Waals surface area contributed by atoms with Crippen molar-refractivity contribution in [1.29, 1.82) is 0 Å². The molecule has 0 spiro atoms. The molecule has 0 bridgehead atoms. The van der Waals surface area contributed by atoms with Gasteiger partial charge in [-0.25, -0.2) is 0 Å². The van der Waals surface area contributed by atoms with Crippen LogP contribution in [-0.2, 0) is 0 Å². The van der Waals surface area contributed by atoms with E-state index in [1.54, 1.807) is 12.1 Å². The molecule has 3 N–H and O–H groups in total. The number of benzene rings is 1. The van der Waals surface area contributed by atoms with E-state index in [2.05, 4.69) is 6.92 Å². The lowest BCUT2D eigenvalue weighted by Gasteiger charge is -2.09. The van der Waals surface area contributed by atoms with Gasteiger partial charge in [-0.1, -0.05) is 25.5 Å². The number of phenols is 1. The van der Waals surface area contributed by atoms with Crippen LogP contribution in [0.4, 0.5) is 0 Å². The molecule has 0 radical (unpaired) electrons. The summed E-state index contributed by atoms with van der Waals surface area (Å²) in [5, 5.41) is 9.03. The molecular weight excluding hydrogens is 186 g/mol. The third kappa shape index (κ3) is 3.66. The lowest BCUT2D eigenvalue weighted by atomic mass is 10.0. The van der Waals surface area contributed by atoms with Crippen molar-refractivity contribution in [3.63, 3.8) is 0 Å². The fraction of sp³-hybridized carbons (Fsp3) is 0.400. The largest absolute Gasteiger partial charge is 0.508 e. The third-order valence-corrected chi connectivity index (χ3v) is 1.92. The van der Waals surface area contributed by atoms with Gasteiger partial charge < -0.3 is 10.8 Å². The third-order valence-electron chi connectivity index (χ3n) is 1.92. The number of phenolic OH excluding ortho intramolecular Hbond substituents is 1. The maximum absolute atomic E-state index is 9.03. The van der Waals surface area contributed by atoms with Gasteiger partial charge in [-0.05, 0) is 24.1 Å². The number of hydrogen-bond acceptors (Lipinski definition) is 2. The van der Waals surface area contributed by atoms with Gasteiger partial charge in [0.2, 0.25) is 0 Å². The first-order valence-corrected chi connectivity index (χ1v) is 4.28. The predicted molar refractivity (Wildman–Crippen MR) is 57.2 cm³/mol. The summed E-state index contributed by atoms with van der Waals surface area (Å²) in [6, 6.07) is 7.19. The topological polar surface area (TPSA) is 46.2 Å². The van der Waals surface area contributed by atoms with Crippen molar-refractivity contribution in [2.75, 3.05) is 0 Å². The van der Waals surface area contributed by atoms with E-state index in [0.717, 1.165) is 18.4 Å². The molecule has 0 aromatic heterocycles. The van der Waals surface area contributed by atoms with Gasteiger partial charge in [0, 0.05) is 6.04 Å². The molecule has 0 saturated heterocycles. The molecule has 2 nitrogen and oxygen atoms in total. The Bertz CT molecular complexity index is 235. The molecule has 0 unspecified atom stereocenters. The van der Waals surface area contributed by atoms with Gasteiger partial charge in [0.05, 0.1) is 0 Å². The minimum Gasteiger partial charge on any atom is -0.508 e. The summed E-state index contributed by atoms with van der Waals surface area (Å²) in [7, 11) is 0. The highest BCUT2D eigenvalue weighted by atomic mass is 35.5. The van der Waals surface area contributed by atoms with Crippen LogP contribution in [-0.4, -0.2) is 5.11 Å². The molecule has 0 amide bonds. The number of nitrogens with two attached hydrogens (primary N) is 1.